The maximum atomic E-state index is 11.4. The summed E-state index contributed by atoms with van der Waals surface area (Å²) >= 11 is 3.58. The molecule has 0 saturated carbocycles. The first-order chi connectivity index (χ1) is 6.66. The van der Waals surface area contributed by atoms with E-state index in [4.69, 9.17) is 0 Å². The summed E-state index contributed by atoms with van der Waals surface area (Å²) in [5.74, 6) is -0.621. The summed E-state index contributed by atoms with van der Waals surface area (Å²) < 4.78 is 1.02. The van der Waals surface area contributed by atoms with Crippen LogP contribution in [0.2, 0.25) is 0 Å². The van der Waals surface area contributed by atoms with Gasteiger partial charge in [-0.15, -0.1) is 11.3 Å². The third kappa shape index (κ3) is 1.93. The van der Waals surface area contributed by atoms with E-state index in [1.54, 1.807) is 6.20 Å². The fourth-order valence-corrected chi connectivity index (χ4v) is 2.68. The number of imide groups is 1. The van der Waals surface area contributed by atoms with Gasteiger partial charge in [-0.3, -0.25) is 20.2 Å². The van der Waals surface area contributed by atoms with E-state index in [-0.39, 0.29) is 18.4 Å². The van der Waals surface area contributed by atoms with Crippen molar-refractivity contribution in [1.82, 2.24) is 15.6 Å². The standard InChI is InChI=1S/C7H6IN3O2S/c8-3-1-10-7(14-3)5-6(13)11-4(12)2-9-5/h1,5,9H,2H2,(H,11,12,13). The number of carbonyl (C=O) groups is 2. The molecule has 1 unspecified atom stereocenters. The molecule has 1 aliphatic rings. The summed E-state index contributed by atoms with van der Waals surface area (Å²) in [6.45, 7) is 0.159. The molecular weight excluding hydrogens is 317 g/mol. The van der Waals surface area contributed by atoms with Crippen molar-refractivity contribution in [2.45, 2.75) is 6.04 Å². The second-order valence-electron chi connectivity index (χ2n) is 2.73. The van der Waals surface area contributed by atoms with Crippen molar-refractivity contribution in [3.05, 3.63) is 14.1 Å². The van der Waals surface area contributed by atoms with Gasteiger partial charge in [-0.2, -0.15) is 0 Å². The molecule has 1 aromatic rings. The van der Waals surface area contributed by atoms with E-state index in [0.29, 0.717) is 5.01 Å². The number of nitrogens with one attached hydrogen (secondary N) is 2. The third-order valence-corrected chi connectivity index (χ3v) is 3.52. The van der Waals surface area contributed by atoms with Crippen LogP contribution in [0.1, 0.15) is 11.0 Å². The molecule has 5 nitrogen and oxygen atoms in total. The number of rotatable bonds is 1. The van der Waals surface area contributed by atoms with Crippen LogP contribution in [0.15, 0.2) is 6.20 Å². The number of piperazine rings is 1. The van der Waals surface area contributed by atoms with Crippen LogP contribution in [0.25, 0.3) is 0 Å². The van der Waals surface area contributed by atoms with Gasteiger partial charge in [0.25, 0.3) is 5.91 Å². The number of aromatic nitrogens is 1. The van der Waals surface area contributed by atoms with Crippen molar-refractivity contribution in [3.63, 3.8) is 0 Å². The van der Waals surface area contributed by atoms with Gasteiger partial charge in [-0.25, -0.2) is 4.98 Å². The fraction of sp³-hybridized carbons (Fsp3) is 0.286. The molecule has 1 fully saturated rings. The first-order valence-corrected chi connectivity index (χ1v) is 5.74. The van der Waals surface area contributed by atoms with Crippen LogP contribution in [0.5, 0.6) is 0 Å². The van der Waals surface area contributed by atoms with E-state index in [1.807, 2.05) is 0 Å². The zero-order valence-electron chi connectivity index (χ0n) is 6.91. The Balaban J connectivity index is 2.19. The van der Waals surface area contributed by atoms with Crippen molar-refractivity contribution in [1.29, 1.82) is 0 Å². The molecule has 14 heavy (non-hydrogen) atoms. The van der Waals surface area contributed by atoms with Crippen molar-refractivity contribution >= 4 is 45.7 Å². The van der Waals surface area contributed by atoms with Gasteiger partial charge in [0.2, 0.25) is 5.91 Å². The molecule has 1 atom stereocenters. The van der Waals surface area contributed by atoms with Crippen LogP contribution < -0.4 is 10.6 Å². The number of hydrogen-bond acceptors (Lipinski definition) is 5. The van der Waals surface area contributed by atoms with Crippen molar-refractivity contribution < 1.29 is 9.59 Å². The molecule has 7 heteroatoms. The summed E-state index contributed by atoms with van der Waals surface area (Å²) in [5.41, 5.74) is 0. The lowest BCUT2D eigenvalue weighted by atomic mass is 10.2. The molecule has 0 aromatic carbocycles. The van der Waals surface area contributed by atoms with Gasteiger partial charge >= 0.3 is 0 Å². The van der Waals surface area contributed by atoms with Crippen LogP contribution >= 0.6 is 33.9 Å². The minimum absolute atomic E-state index is 0.159. The van der Waals surface area contributed by atoms with Crippen LogP contribution in [0.3, 0.4) is 0 Å². The molecule has 1 aliphatic heterocycles. The van der Waals surface area contributed by atoms with Gasteiger partial charge < -0.3 is 0 Å². The zero-order chi connectivity index (χ0) is 10.1. The predicted molar refractivity (Wildman–Crippen MR) is 58.7 cm³/mol. The van der Waals surface area contributed by atoms with Crippen LogP contribution in [-0.4, -0.2) is 23.3 Å². The maximum Gasteiger partial charge on any atom is 0.250 e. The number of halogens is 1. The number of carbonyl (C=O) groups excluding carboxylic acids is 2. The molecule has 0 aliphatic carbocycles. The largest absolute Gasteiger partial charge is 0.294 e. The van der Waals surface area contributed by atoms with E-state index < -0.39 is 6.04 Å². The molecule has 0 bridgehead atoms. The Bertz CT molecular complexity index is 392. The van der Waals surface area contributed by atoms with Crippen molar-refractivity contribution in [3.8, 4) is 0 Å². The lowest BCUT2D eigenvalue weighted by molar-refractivity contribution is -0.134. The lowest BCUT2D eigenvalue weighted by Crippen LogP contribution is -2.51. The Morgan fingerprint density at radius 3 is 2.93 bits per heavy atom. The van der Waals surface area contributed by atoms with Gasteiger partial charge in [0.05, 0.1) is 15.6 Å². The van der Waals surface area contributed by atoms with Crippen LogP contribution in [0.4, 0.5) is 0 Å². The Morgan fingerprint density at radius 2 is 2.36 bits per heavy atom. The molecule has 0 spiro atoms. The highest BCUT2D eigenvalue weighted by Crippen LogP contribution is 2.22. The maximum absolute atomic E-state index is 11.4. The first-order valence-electron chi connectivity index (χ1n) is 3.85. The highest BCUT2D eigenvalue weighted by molar-refractivity contribution is 14.1. The second kappa shape index (κ2) is 3.91. The van der Waals surface area contributed by atoms with Crippen LogP contribution in [-0.2, 0) is 9.59 Å². The van der Waals surface area contributed by atoms with Gasteiger partial charge in [-0.05, 0) is 22.6 Å². The fourth-order valence-electron chi connectivity index (χ4n) is 1.14. The minimum atomic E-state index is -0.485. The Labute approximate surface area is 97.4 Å². The second-order valence-corrected chi connectivity index (χ2v) is 5.69. The molecular formula is C7H6IN3O2S. The van der Waals surface area contributed by atoms with E-state index in [9.17, 15) is 9.59 Å². The summed E-state index contributed by atoms with van der Waals surface area (Å²) in [5, 5.41) is 5.79. The number of nitrogens with zero attached hydrogens (tertiary/aromatic N) is 1. The van der Waals surface area contributed by atoms with E-state index in [1.165, 1.54) is 11.3 Å². The molecule has 2 heterocycles. The topological polar surface area (TPSA) is 71.1 Å². The van der Waals surface area contributed by atoms with Gasteiger partial charge in [0.15, 0.2) is 0 Å². The molecule has 0 radical (unpaired) electrons. The van der Waals surface area contributed by atoms with E-state index >= 15 is 0 Å². The highest BCUT2D eigenvalue weighted by Gasteiger charge is 2.29. The summed E-state index contributed by atoms with van der Waals surface area (Å²) in [7, 11) is 0. The third-order valence-electron chi connectivity index (χ3n) is 1.73. The Kier molecular flexibility index (Phi) is 2.79. The monoisotopic (exact) mass is 323 g/mol. The smallest absolute Gasteiger partial charge is 0.250 e. The van der Waals surface area contributed by atoms with Crippen LogP contribution in [0, 0.1) is 2.88 Å². The summed E-state index contributed by atoms with van der Waals surface area (Å²) in [6.07, 6.45) is 1.70. The minimum Gasteiger partial charge on any atom is -0.294 e. The van der Waals surface area contributed by atoms with Gasteiger partial charge in [0, 0.05) is 0 Å². The Morgan fingerprint density at radius 1 is 1.57 bits per heavy atom. The normalized spacial score (nSPS) is 22.2. The molecule has 74 valence electrons. The van der Waals surface area contributed by atoms with Crippen molar-refractivity contribution in [2.75, 3.05) is 6.54 Å². The quantitative estimate of drug-likeness (QED) is 0.565. The average Bonchev–Trinajstić information content (AvgIpc) is 2.51. The van der Waals surface area contributed by atoms with E-state index in [2.05, 4.69) is 38.2 Å². The molecule has 2 N–H and O–H groups in total. The first kappa shape index (κ1) is 9.99. The zero-order valence-corrected chi connectivity index (χ0v) is 9.89. The van der Waals surface area contributed by atoms with Crippen molar-refractivity contribution in [2.24, 2.45) is 0 Å². The highest BCUT2D eigenvalue weighted by atomic mass is 127. The van der Waals surface area contributed by atoms with Gasteiger partial charge in [0.1, 0.15) is 11.0 Å². The summed E-state index contributed by atoms with van der Waals surface area (Å²) in [4.78, 5) is 26.3. The Hall–Kier alpha value is -0.540. The lowest BCUT2D eigenvalue weighted by Gasteiger charge is -2.20. The molecule has 1 saturated heterocycles. The van der Waals surface area contributed by atoms with E-state index in [0.717, 1.165) is 2.88 Å². The number of thiazole rings is 1. The average molecular weight is 323 g/mol. The summed E-state index contributed by atoms with van der Waals surface area (Å²) in [6, 6.07) is -0.485. The molecule has 2 rings (SSSR count). The SMILES string of the molecule is O=C1CNC(c2ncc(I)s2)C(=O)N1. The number of hydrogen-bond donors (Lipinski definition) is 2. The predicted octanol–water partition coefficient (Wildman–Crippen LogP) is 0.0348. The van der Waals surface area contributed by atoms with Gasteiger partial charge in [-0.1, -0.05) is 0 Å². The number of amides is 2. The molecule has 1 aromatic heterocycles. The molecule has 2 amide bonds.